The summed E-state index contributed by atoms with van der Waals surface area (Å²) in [6.45, 7) is 0.843. The summed E-state index contributed by atoms with van der Waals surface area (Å²) in [4.78, 5) is 10.9. The first-order valence-electron chi connectivity index (χ1n) is 3.48. The molecule has 0 spiro atoms. The molecule has 0 aliphatic heterocycles. The van der Waals surface area contributed by atoms with Crippen LogP contribution in [0, 0.1) is 0 Å². The van der Waals surface area contributed by atoms with Crippen molar-refractivity contribution in [2.24, 2.45) is 5.73 Å². The number of urea groups is 1. The molecule has 12 heavy (non-hydrogen) atoms. The Morgan fingerprint density at radius 1 is 1.75 bits per heavy atom. The van der Waals surface area contributed by atoms with E-state index in [2.05, 4.69) is 20.3 Å². The lowest BCUT2D eigenvalue weighted by Gasteiger charge is -2.01. The number of nitrogens with zero attached hydrogens (tertiary/aromatic N) is 1. The number of nitrogens with one attached hydrogen (secondary N) is 2. The van der Waals surface area contributed by atoms with Gasteiger partial charge in [-0.1, -0.05) is 5.16 Å². The molecule has 66 valence electrons. The number of rotatable bonds is 3. The van der Waals surface area contributed by atoms with Crippen LogP contribution in [0.4, 0.5) is 10.6 Å². The molecule has 1 aromatic heterocycles. The van der Waals surface area contributed by atoms with Gasteiger partial charge in [-0.3, -0.25) is 5.32 Å². The first-order valence-corrected chi connectivity index (χ1v) is 3.48. The lowest BCUT2D eigenvalue weighted by atomic mass is 10.6. The molecule has 0 aliphatic carbocycles. The summed E-state index contributed by atoms with van der Waals surface area (Å²) in [5.74, 6) is 0.379. The number of aromatic nitrogens is 1. The fourth-order valence-corrected chi connectivity index (χ4v) is 0.623. The highest BCUT2D eigenvalue weighted by Gasteiger charge is 2.01. The van der Waals surface area contributed by atoms with Gasteiger partial charge in [0.05, 0.1) is 0 Å². The van der Waals surface area contributed by atoms with E-state index in [1.165, 1.54) is 6.26 Å². The van der Waals surface area contributed by atoms with Crippen LogP contribution in [-0.2, 0) is 0 Å². The molecule has 0 aliphatic rings. The van der Waals surface area contributed by atoms with Crippen LogP contribution in [0.25, 0.3) is 0 Å². The highest BCUT2D eigenvalue weighted by atomic mass is 16.5. The van der Waals surface area contributed by atoms with Crippen LogP contribution in [0.3, 0.4) is 0 Å². The topological polar surface area (TPSA) is 93.2 Å². The van der Waals surface area contributed by atoms with Gasteiger partial charge in [0.25, 0.3) is 0 Å². The molecule has 0 aromatic carbocycles. The Morgan fingerprint density at radius 2 is 2.58 bits per heavy atom. The van der Waals surface area contributed by atoms with Crippen molar-refractivity contribution in [2.45, 2.75) is 0 Å². The van der Waals surface area contributed by atoms with Crippen molar-refractivity contribution in [3.8, 4) is 0 Å². The van der Waals surface area contributed by atoms with Gasteiger partial charge in [-0.05, 0) is 0 Å². The Labute approximate surface area is 69.1 Å². The zero-order chi connectivity index (χ0) is 8.81. The molecule has 6 nitrogen and oxygen atoms in total. The molecule has 0 saturated carbocycles. The molecule has 4 N–H and O–H groups in total. The van der Waals surface area contributed by atoms with E-state index < -0.39 is 0 Å². The lowest BCUT2D eigenvalue weighted by Crippen LogP contribution is -2.32. The molecule has 0 fully saturated rings. The van der Waals surface area contributed by atoms with Gasteiger partial charge in [-0.15, -0.1) is 0 Å². The Morgan fingerprint density at radius 3 is 3.17 bits per heavy atom. The number of hydrogen-bond donors (Lipinski definition) is 3. The monoisotopic (exact) mass is 170 g/mol. The summed E-state index contributed by atoms with van der Waals surface area (Å²) in [6, 6.07) is 1.21. The first kappa shape index (κ1) is 8.54. The van der Waals surface area contributed by atoms with E-state index >= 15 is 0 Å². The summed E-state index contributed by atoms with van der Waals surface area (Å²) in [5.41, 5.74) is 5.17. The Balaban J connectivity index is 2.27. The Bertz CT molecular complexity index is 234. The molecule has 1 rings (SSSR count). The van der Waals surface area contributed by atoms with Gasteiger partial charge in [-0.2, -0.15) is 0 Å². The van der Waals surface area contributed by atoms with E-state index in [0.29, 0.717) is 18.9 Å². The standard InChI is InChI=1S/C6H10N4O2/c7-2-3-8-6(11)9-5-1-4-12-10-5/h1,4H,2-3,7H2,(H2,8,9,10,11). The minimum atomic E-state index is -0.339. The molecular weight excluding hydrogens is 160 g/mol. The van der Waals surface area contributed by atoms with E-state index in [0.717, 1.165) is 0 Å². The second-order valence-electron chi connectivity index (χ2n) is 2.05. The molecule has 0 unspecified atom stereocenters. The van der Waals surface area contributed by atoms with E-state index in [-0.39, 0.29) is 6.03 Å². The quantitative estimate of drug-likeness (QED) is 0.583. The van der Waals surface area contributed by atoms with Crippen LogP contribution >= 0.6 is 0 Å². The van der Waals surface area contributed by atoms with Crippen molar-refractivity contribution in [1.29, 1.82) is 0 Å². The summed E-state index contributed by atoms with van der Waals surface area (Å²) < 4.78 is 4.50. The fourth-order valence-electron chi connectivity index (χ4n) is 0.623. The minimum Gasteiger partial charge on any atom is -0.363 e. The van der Waals surface area contributed by atoms with Crippen LogP contribution in [0.15, 0.2) is 16.9 Å². The van der Waals surface area contributed by atoms with Gasteiger partial charge >= 0.3 is 6.03 Å². The smallest absolute Gasteiger partial charge is 0.320 e. The number of anilines is 1. The average molecular weight is 170 g/mol. The molecule has 0 radical (unpaired) electrons. The van der Waals surface area contributed by atoms with Gasteiger partial charge in [-0.25, -0.2) is 4.79 Å². The van der Waals surface area contributed by atoms with Crippen molar-refractivity contribution in [2.75, 3.05) is 18.4 Å². The van der Waals surface area contributed by atoms with Crippen molar-refractivity contribution in [1.82, 2.24) is 10.5 Å². The molecule has 0 atom stereocenters. The van der Waals surface area contributed by atoms with E-state index in [1.807, 2.05) is 0 Å². The molecule has 0 saturated heterocycles. The number of carbonyl (C=O) groups excluding carboxylic acids is 1. The Kier molecular flexibility index (Phi) is 3.09. The number of nitrogens with two attached hydrogens (primary N) is 1. The molecular formula is C6H10N4O2. The zero-order valence-electron chi connectivity index (χ0n) is 6.41. The second kappa shape index (κ2) is 4.35. The zero-order valence-corrected chi connectivity index (χ0v) is 6.41. The maximum absolute atomic E-state index is 10.9. The van der Waals surface area contributed by atoms with Crippen molar-refractivity contribution in [3.63, 3.8) is 0 Å². The second-order valence-corrected chi connectivity index (χ2v) is 2.05. The van der Waals surface area contributed by atoms with Crippen LogP contribution < -0.4 is 16.4 Å². The maximum Gasteiger partial charge on any atom is 0.320 e. The number of carbonyl (C=O) groups is 1. The third kappa shape index (κ3) is 2.59. The maximum atomic E-state index is 10.9. The molecule has 1 aromatic rings. The van der Waals surface area contributed by atoms with Gasteiger partial charge < -0.3 is 15.6 Å². The fraction of sp³-hybridized carbons (Fsp3) is 0.333. The Hall–Kier alpha value is -1.56. The molecule has 2 amide bonds. The lowest BCUT2D eigenvalue weighted by molar-refractivity contribution is 0.252. The SMILES string of the molecule is NCCNC(=O)Nc1ccon1. The van der Waals surface area contributed by atoms with E-state index in [9.17, 15) is 4.79 Å². The highest BCUT2D eigenvalue weighted by molar-refractivity contribution is 5.87. The average Bonchev–Trinajstić information content (AvgIpc) is 2.53. The molecule has 0 bridgehead atoms. The van der Waals surface area contributed by atoms with Gasteiger partial charge in [0, 0.05) is 19.2 Å². The van der Waals surface area contributed by atoms with Crippen molar-refractivity contribution in [3.05, 3.63) is 12.3 Å². The van der Waals surface area contributed by atoms with Crippen molar-refractivity contribution >= 4 is 11.8 Å². The highest BCUT2D eigenvalue weighted by Crippen LogP contribution is 1.99. The third-order valence-corrected chi connectivity index (χ3v) is 1.11. The largest absolute Gasteiger partial charge is 0.363 e. The molecule has 1 heterocycles. The van der Waals surface area contributed by atoms with Gasteiger partial charge in [0.15, 0.2) is 5.82 Å². The minimum absolute atomic E-state index is 0.339. The summed E-state index contributed by atoms with van der Waals surface area (Å²) in [5, 5.41) is 8.45. The summed E-state index contributed by atoms with van der Waals surface area (Å²) in [7, 11) is 0. The van der Waals surface area contributed by atoms with Crippen LogP contribution in [0.5, 0.6) is 0 Å². The summed E-state index contributed by atoms with van der Waals surface area (Å²) in [6.07, 6.45) is 1.37. The van der Waals surface area contributed by atoms with Gasteiger partial charge in [0.2, 0.25) is 0 Å². The van der Waals surface area contributed by atoms with Crippen LogP contribution in [-0.4, -0.2) is 24.3 Å². The van der Waals surface area contributed by atoms with Crippen LogP contribution in [0.2, 0.25) is 0 Å². The third-order valence-electron chi connectivity index (χ3n) is 1.11. The predicted octanol–water partition coefficient (Wildman–Crippen LogP) is -0.245. The first-order chi connectivity index (χ1) is 5.83. The normalized spacial score (nSPS) is 9.42. The molecule has 6 heteroatoms. The predicted molar refractivity (Wildman–Crippen MR) is 42.6 cm³/mol. The van der Waals surface area contributed by atoms with E-state index in [4.69, 9.17) is 5.73 Å². The van der Waals surface area contributed by atoms with Crippen molar-refractivity contribution < 1.29 is 9.32 Å². The number of hydrogen-bond acceptors (Lipinski definition) is 4. The van der Waals surface area contributed by atoms with Crippen LogP contribution in [0.1, 0.15) is 0 Å². The number of amides is 2. The van der Waals surface area contributed by atoms with Gasteiger partial charge in [0.1, 0.15) is 6.26 Å². The summed E-state index contributed by atoms with van der Waals surface area (Å²) >= 11 is 0. The van der Waals surface area contributed by atoms with E-state index in [1.54, 1.807) is 6.07 Å².